The van der Waals surface area contributed by atoms with Crippen LogP contribution >= 0.6 is 11.3 Å². The predicted molar refractivity (Wildman–Crippen MR) is 42.7 cm³/mol. The molecule has 0 spiro atoms. The molecule has 0 bridgehead atoms. The van der Waals surface area contributed by atoms with Crippen LogP contribution in [0.2, 0.25) is 0 Å². The smallest absolute Gasteiger partial charge is 0.117 e. The first-order chi connectivity index (χ1) is 5.36. The largest absolute Gasteiger partial charge is 0.391 e. The van der Waals surface area contributed by atoms with Gasteiger partial charge in [-0.25, -0.2) is 4.98 Å². The van der Waals surface area contributed by atoms with Crippen LogP contribution < -0.4 is 0 Å². The van der Waals surface area contributed by atoms with E-state index in [0.29, 0.717) is 0 Å². The van der Waals surface area contributed by atoms with Gasteiger partial charge in [-0.15, -0.1) is 11.3 Å². The molecule has 56 valence electrons. The van der Waals surface area contributed by atoms with Gasteiger partial charge >= 0.3 is 0 Å². The summed E-state index contributed by atoms with van der Waals surface area (Å²) in [5, 5.41) is 17.6. The fraction of sp³-hybridized carbons (Fsp3) is 0.143. The summed E-state index contributed by atoms with van der Waals surface area (Å²) in [5.41, 5.74) is 0. The van der Waals surface area contributed by atoms with Crippen molar-refractivity contribution in [3.63, 3.8) is 0 Å². The second-order valence-electron chi connectivity index (χ2n) is 1.79. The zero-order valence-electron chi connectivity index (χ0n) is 5.69. The fourth-order valence-corrected chi connectivity index (χ4v) is 1.26. The molecule has 0 fully saturated rings. The van der Waals surface area contributed by atoms with Gasteiger partial charge in [0.15, 0.2) is 0 Å². The van der Waals surface area contributed by atoms with Gasteiger partial charge in [0.05, 0.1) is 17.6 Å². The van der Waals surface area contributed by atoms with E-state index in [2.05, 4.69) is 4.98 Å². The molecule has 0 aliphatic carbocycles. The number of hydrogen-bond acceptors (Lipinski definition) is 4. The van der Waals surface area contributed by atoms with Crippen molar-refractivity contribution in [1.29, 1.82) is 5.26 Å². The van der Waals surface area contributed by atoms with Crippen LogP contribution in [0, 0.1) is 11.3 Å². The Hall–Kier alpha value is -1.18. The molecule has 1 rings (SSSR count). The van der Waals surface area contributed by atoms with Gasteiger partial charge in [-0.05, 0) is 6.08 Å². The van der Waals surface area contributed by atoms with Crippen molar-refractivity contribution >= 4 is 17.4 Å². The summed E-state index contributed by atoms with van der Waals surface area (Å²) in [6.45, 7) is 0.0120. The molecule has 0 aliphatic heterocycles. The number of hydrogen-bond donors (Lipinski definition) is 1. The Balaban J connectivity index is 2.74. The van der Waals surface area contributed by atoms with Gasteiger partial charge in [0.2, 0.25) is 0 Å². The Bertz CT molecular complexity index is 298. The molecule has 4 heteroatoms. The van der Waals surface area contributed by atoms with E-state index < -0.39 is 0 Å². The monoisotopic (exact) mass is 166 g/mol. The number of aliphatic hydroxyl groups excluding tert-OH is 1. The van der Waals surface area contributed by atoms with Crippen molar-refractivity contribution in [3.8, 4) is 6.07 Å². The summed E-state index contributed by atoms with van der Waals surface area (Å²) < 4.78 is 0. The highest BCUT2D eigenvalue weighted by molar-refractivity contribution is 7.12. The Morgan fingerprint density at radius 3 is 3.18 bits per heavy atom. The maximum Gasteiger partial charge on any atom is 0.117 e. The number of allylic oxidation sites excluding steroid dienone is 1. The summed E-state index contributed by atoms with van der Waals surface area (Å²) in [5.74, 6) is 0. The maximum atomic E-state index is 8.66. The Morgan fingerprint density at radius 2 is 2.64 bits per heavy atom. The first-order valence-corrected chi connectivity index (χ1v) is 3.80. The number of aromatic nitrogens is 1. The quantitative estimate of drug-likeness (QED) is 0.671. The normalized spacial score (nSPS) is 10.2. The molecule has 0 radical (unpaired) electrons. The summed E-state index contributed by atoms with van der Waals surface area (Å²) in [7, 11) is 0. The first-order valence-electron chi connectivity index (χ1n) is 2.98. The lowest BCUT2D eigenvalue weighted by Crippen LogP contribution is -1.70. The molecule has 0 aliphatic rings. The molecular formula is C7H6N2OS. The zero-order chi connectivity index (χ0) is 8.10. The van der Waals surface area contributed by atoms with Crippen molar-refractivity contribution in [2.75, 3.05) is 0 Å². The third-order valence-electron chi connectivity index (χ3n) is 1.03. The van der Waals surface area contributed by atoms with Crippen molar-refractivity contribution in [1.82, 2.24) is 4.98 Å². The van der Waals surface area contributed by atoms with E-state index in [0.717, 1.165) is 9.88 Å². The van der Waals surface area contributed by atoms with E-state index in [1.165, 1.54) is 17.4 Å². The molecular weight excluding hydrogens is 160 g/mol. The molecule has 0 aromatic carbocycles. The zero-order valence-corrected chi connectivity index (χ0v) is 6.51. The molecule has 3 nitrogen and oxygen atoms in total. The second kappa shape index (κ2) is 3.86. The summed E-state index contributed by atoms with van der Waals surface area (Å²) in [6, 6.07) is 1.87. The standard InChI is InChI=1S/C7H6N2OS/c8-3-1-2-7-9-4-6(5-10)11-7/h1-2,4,10H,5H2. The number of aliphatic hydroxyl groups is 1. The fourth-order valence-electron chi connectivity index (χ4n) is 0.581. The molecule has 0 amide bonds. The number of thiazole rings is 1. The van der Waals surface area contributed by atoms with Crippen LogP contribution in [0.3, 0.4) is 0 Å². The Kier molecular flexibility index (Phi) is 2.78. The van der Waals surface area contributed by atoms with E-state index in [4.69, 9.17) is 10.4 Å². The summed E-state index contributed by atoms with van der Waals surface area (Å²) in [4.78, 5) is 4.75. The second-order valence-corrected chi connectivity index (χ2v) is 2.93. The molecule has 11 heavy (non-hydrogen) atoms. The lowest BCUT2D eigenvalue weighted by Gasteiger charge is -1.79. The lowest BCUT2D eigenvalue weighted by atomic mass is 10.5. The minimum absolute atomic E-state index is 0.0120. The van der Waals surface area contributed by atoms with Crippen LogP contribution in [0.15, 0.2) is 12.3 Å². The minimum Gasteiger partial charge on any atom is -0.391 e. The van der Waals surface area contributed by atoms with E-state index in [1.54, 1.807) is 12.3 Å². The van der Waals surface area contributed by atoms with E-state index in [9.17, 15) is 0 Å². The first kappa shape index (κ1) is 7.92. The topological polar surface area (TPSA) is 56.9 Å². The SMILES string of the molecule is N#CC=Cc1ncc(CO)s1. The third kappa shape index (κ3) is 2.15. The number of rotatable bonds is 2. The molecule has 0 atom stereocenters. The Morgan fingerprint density at radius 1 is 1.82 bits per heavy atom. The van der Waals surface area contributed by atoms with Crippen LogP contribution in [-0.2, 0) is 6.61 Å². The van der Waals surface area contributed by atoms with Crippen molar-refractivity contribution in [3.05, 3.63) is 22.2 Å². The highest BCUT2D eigenvalue weighted by Crippen LogP contribution is 2.13. The minimum atomic E-state index is 0.0120. The van der Waals surface area contributed by atoms with Crippen molar-refractivity contribution in [2.45, 2.75) is 6.61 Å². The number of nitriles is 1. The van der Waals surface area contributed by atoms with Crippen LogP contribution in [0.1, 0.15) is 9.88 Å². The van der Waals surface area contributed by atoms with Gasteiger partial charge in [0.25, 0.3) is 0 Å². The third-order valence-corrected chi connectivity index (χ3v) is 1.98. The molecule has 0 saturated carbocycles. The molecule has 1 aromatic rings. The van der Waals surface area contributed by atoms with E-state index in [1.807, 2.05) is 6.07 Å². The highest BCUT2D eigenvalue weighted by Gasteiger charge is 1.95. The number of nitrogens with zero attached hydrogens (tertiary/aromatic N) is 2. The molecule has 1 N–H and O–H groups in total. The average Bonchev–Trinajstić information content (AvgIpc) is 2.48. The Labute approximate surface area is 68.2 Å². The summed E-state index contributed by atoms with van der Waals surface area (Å²) >= 11 is 1.37. The summed E-state index contributed by atoms with van der Waals surface area (Å²) in [6.07, 6.45) is 4.57. The van der Waals surface area contributed by atoms with Crippen LogP contribution in [0.25, 0.3) is 6.08 Å². The molecule has 1 heterocycles. The van der Waals surface area contributed by atoms with Gasteiger partial charge in [-0.3, -0.25) is 0 Å². The van der Waals surface area contributed by atoms with Crippen molar-refractivity contribution < 1.29 is 5.11 Å². The van der Waals surface area contributed by atoms with Gasteiger partial charge in [0, 0.05) is 12.3 Å². The van der Waals surface area contributed by atoms with Crippen molar-refractivity contribution in [2.24, 2.45) is 0 Å². The average molecular weight is 166 g/mol. The van der Waals surface area contributed by atoms with Crippen LogP contribution in [-0.4, -0.2) is 10.1 Å². The lowest BCUT2D eigenvalue weighted by molar-refractivity contribution is 0.285. The van der Waals surface area contributed by atoms with Crippen LogP contribution in [0.5, 0.6) is 0 Å². The highest BCUT2D eigenvalue weighted by atomic mass is 32.1. The van der Waals surface area contributed by atoms with Gasteiger partial charge in [-0.2, -0.15) is 5.26 Å². The predicted octanol–water partition coefficient (Wildman–Crippen LogP) is 1.17. The van der Waals surface area contributed by atoms with Crippen LogP contribution in [0.4, 0.5) is 0 Å². The maximum absolute atomic E-state index is 8.66. The van der Waals surface area contributed by atoms with Gasteiger partial charge in [0.1, 0.15) is 5.01 Å². The molecule has 0 unspecified atom stereocenters. The van der Waals surface area contributed by atoms with E-state index in [-0.39, 0.29) is 6.61 Å². The van der Waals surface area contributed by atoms with Gasteiger partial charge < -0.3 is 5.11 Å². The molecule has 0 saturated heterocycles. The van der Waals surface area contributed by atoms with E-state index >= 15 is 0 Å². The van der Waals surface area contributed by atoms with Gasteiger partial charge in [-0.1, -0.05) is 0 Å². The molecule has 1 aromatic heterocycles.